The molecule has 1 aliphatic heterocycles. The lowest BCUT2D eigenvalue weighted by Crippen LogP contribution is -2.46. The van der Waals surface area contributed by atoms with Gasteiger partial charge < -0.3 is 11.1 Å². The van der Waals surface area contributed by atoms with Crippen LogP contribution in [0.1, 0.15) is 36.5 Å². The maximum absolute atomic E-state index is 13.0. The summed E-state index contributed by atoms with van der Waals surface area (Å²) in [6.45, 7) is 8.62. The number of carbonyl (C=O) groups is 1. The Morgan fingerprint density at radius 1 is 1.23 bits per heavy atom. The summed E-state index contributed by atoms with van der Waals surface area (Å²) in [5.41, 5.74) is 8.13. The molecular formula is C18H30ClN3O3S. The number of nitrogens with one attached hydrogen (secondary N) is 1. The highest BCUT2D eigenvalue weighted by molar-refractivity contribution is 7.89. The number of carbonyl (C=O) groups excluding carboxylic acids is 1. The van der Waals surface area contributed by atoms with Crippen molar-refractivity contribution in [2.45, 2.75) is 51.5 Å². The lowest BCUT2D eigenvalue weighted by atomic mass is 9.97. The monoisotopic (exact) mass is 403 g/mol. The van der Waals surface area contributed by atoms with Crippen molar-refractivity contribution in [3.05, 3.63) is 28.8 Å². The molecule has 148 valence electrons. The molecule has 1 aromatic carbocycles. The van der Waals surface area contributed by atoms with E-state index in [0.29, 0.717) is 37.4 Å². The highest BCUT2D eigenvalue weighted by atomic mass is 35.5. The molecule has 1 heterocycles. The highest BCUT2D eigenvalue weighted by Crippen LogP contribution is 2.28. The third-order valence-corrected chi connectivity index (χ3v) is 6.97. The number of hydrogen-bond donors (Lipinski definition) is 2. The number of rotatable bonds is 5. The molecule has 0 radical (unpaired) electrons. The summed E-state index contributed by atoms with van der Waals surface area (Å²) in [6.07, 6.45) is 1.07. The molecule has 6 nitrogen and oxygen atoms in total. The Kier molecular flexibility index (Phi) is 8.07. The molecule has 0 aromatic heterocycles. The number of nitrogens with zero attached hydrogens (tertiary/aromatic N) is 1. The second-order valence-electron chi connectivity index (χ2n) is 7.05. The number of hydrogen-bond acceptors (Lipinski definition) is 4. The van der Waals surface area contributed by atoms with E-state index in [-0.39, 0.29) is 30.3 Å². The van der Waals surface area contributed by atoms with Gasteiger partial charge in [0.1, 0.15) is 0 Å². The molecule has 8 heteroatoms. The summed E-state index contributed by atoms with van der Waals surface area (Å²) < 4.78 is 27.6. The van der Waals surface area contributed by atoms with Crippen LogP contribution in [0.5, 0.6) is 0 Å². The Balaban J connectivity index is 0.00000338. The number of piperidine rings is 1. The van der Waals surface area contributed by atoms with Crippen LogP contribution >= 0.6 is 12.4 Å². The van der Waals surface area contributed by atoms with Gasteiger partial charge in [0, 0.05) is 31.6 Å². The van der Waals surface area contributed by atoms with Crippen molar-refractivity contribution in [1.82, 2.24) is 9.62 Å². The SMILES string of the molecule is Cc1cc(C)c(S(=O)(=O)N2CCC(C(=O)N[C@@H](C)CN)CC2)c(C)c1.Cl. The third kappa shape index (κ3) is 4.97. The minimum Gasteiger partial charge on any atom is -0.352 e. The zero-order valence-electron chi connectivity index (χ0n) is 15.9. The van der Waals surface area contributed by atoms with E-state index in [1.54, 1.807) is 0 Å². The smallest absolute Gasteiger partial charge is 0.243 e. The standard InChI is InChI=1S/C18H29N3O3S.ClH/c1-12-9-13(2)17(14(3)10-12)25(23,24)21-7-5-16(6-8-21)18(22)20-15(4)11-19;/h9-10,15-16H,5-8,11,19H2,1-4H3,(H,20,22);1H/t15-;/m0./s1. The van der Waals surface area contributed by atoms with E-state index < -0.39 is 10.0 Å². The van der Waals surface area contributed by atoms with Crippen molar-refractivity contribution in [2.75, 3.05) is 19.6 Å². The molecule has 1 aliphatic rings. The topological polar surface area (TPSA) is 92.5 Å². The minimum atomic E-state index is -3.54. The van der Waals surface area contributed by atoms with Crippen molar-refractivity contribution in [3.8, 4) is 0 Å². The first-order valence-electron chi connectivity index (χ1n) is 8.75. The van der Waals surface area contributed by atoms with Gasteiger partial charge in [-0.15, -0.1) is 12.4 Å². The lowest BCUT2D eigenvalue weighted by molar-refractivity contribution is -0.126. The zero-order chi connectivity index (χ0) is 18.8. The average molecular weight is 404 g/mol. The van der Waals surface area contributed by atoms with Crippen LogP contribution in [0.15, 0.2) is 17.0 Å². The van der Waals surface area contributed by atoms with Gasteiger partial charge >= 0.3 is 0 Å². The van der Waals surface area contributed by atoms with E-state index in [1.807, 2.05) is 39.8 Å². The Labute approximate surface area is 163 Å². The van der Waals surface area contributed by atoms with Crippen LogP contribution in [-0.4, -0.2) is 44.3 Å². The van der Waals surface area contributed by atoms with E-state index in [4.69, 9.17) is 5.73 Å². The van der Waals surface area contributed by atoms with E-state index in [0.717, 1.165) is 16.7 Å². The second-order valence-corrected chi connectivity index (χ2v) is 8.93. The number of halogens is 1. The number of benzene rings is 1. The molecule has 1 fully saturated rings. The predicted molar refractivity (Wildman–Crippen MR) is 106 cm³/mol. The molecule has 1 saturated heterocycles. The summed E-state index contributed by atoms with van der Waals surface area (Å²) in [4.78, 5) is 12.6. The molecule has 0 saturated carbocycles. The average Bonchev–Trinajstić information content (AvgIpc) is 2.53. The van der Waals surface area contributed by atoms with Crippen molar-refractivity contribution in [3.63, 3.8) is 0 Å². The molecule has 0 bridgehead atoms. The van der Waals surface area contributed by atoms with Crippen LogP contribution in [0.4, 0.5) is 0 Å². The van der Waals surface area contributed by atoms with E-state index in [9.17, 15) is 13.2 Å². The number of aryl methyl sites for hydroxylation is 3. The first-order chi connectivity index (χ1) is 11.7. The third-order valence-electron chi connectivity index (χ3n) is 4.77. The molecular weight excluding hydrogens is 374 g/mol. The second kappa shape index (κ2) is 9.17. The molecule has 0 spiro atoms. The maximum Gasteiger partial charge on any atom is 0.243 e. The van der Waals surface area contributed by atoms with Gasteiger partial charge in [0.25, 0.3) is 0 Å². The summed E-state index contributed by atoms with van der Waals surface area (Å²) in [6, 6.07) is 3.73. The van der Waals surface area contributed by atoms with Crippen LogP contribution in [0.25, 0.3) is 0 Å². The lowest BCUT2D eigenvalue weighted by Gasteiger charge is -2.32. The Morgan fingerprint density at radius 2 is 1.73 bits per heavy atom. The molecule has 2 rings (SSSR count). The Hall–Kier alpha value is -1.15. The first-order valence-corrected chi connectivity index (χ1v) is 10.2. The Morgan fingerprint density at radius 3 is 2.19 bits per heavy atom. The van der Waals surface area contributed by atoms with Gasteiger partial charge in [0.05, 0.1) is 4.90 Å². The summed E-state index contributed by atoms with van der Waals surface area (Å²) >= 11 is 0. The van der Waals surface area contributed by atoms with Crippen molar-refractivity contribution in [2.24, 2.45) is 11.7 Å². The summed E-state index contributed by atoms with van der Waals surface area (Å²) in [7, 11) is -3.54. The summed E-state index contributed by atoms with van der Waals surface area (Å²) in [5.74, 6) is -0.182. The van der Waals surface area contributed by atoms with Crippen LogP contribution in [0, 0.1) is 26.7 Å². The van der Waals surface area contributed by atoms with Gasteiger partial charge in [-0.05, 0) is 51.7 Å². The van der Waals surface area contributed by atoms with Crippen molar-refractivity contribution in [1.29, 1.82) is 0 Å². The molecule has 1 amide bonds. The quantitative estimate of drug-likeness (QED) is 0.785. The van der Waals surface area contributed by atoms with Crippen LogP contribution < -0.4 is 11.1 Å². The van der Waals surface area contributed by atoms with E-state index >= 15 is 0 Å². The molecule has 1 atom stereocenters. The van der Waals surface area contributed by atoms with Crippen LogP contribution in [0.3, 0.4) is 0 Å². The van der Waals surface area contributed by atoms with E-state index in [2.05, 4.69) is 5.32 Å². The number of nitrogens with two attached hydrogens (primary N) is 1. The van der Waals surface area contributed by atoms with Gasteiger partial charge in [-0.2, -0.15) is 4.31 Å². The normalized spacial score (nSPS) is 17.4. The van der Waals surface area contributed by atoms with Crippen molar-refractivity contribution < 1.29 is 13.2 Å². The number of sulfonamides is 1. The first kappa shape index (κ1) is 22.9. The van der Waals surface area contributed by atoms with Gasteiger partial charge in [-0.3, -0.25) is 4.79 Å². The van der Waals surface area contributed by atoms with Gasteiger partial charge in [0.2, 0.25) is 15.9 Å². The largest absolute Gasteiger partial charge is 0.352 e. The van der Waals surface area contributed by atoms with Crippen molar-refractivity contribution >= 4 is 28.3 Å². The molecule has 26 heavy (non-hydrogen) atoms. The highest BCUT2D eigenvalue weighted by Gasteiger charge is 2.33. The van der Waals surface area contributed by atoms with Crippen LogP contribution in [0.2, 0.25) is 0 Å². The van der Waals surface area contributed by atoms with E-state index in [1.165, 1.54) is 4.31 Å². The zero-order valence-corrected chi connectivity index (χ0v) is 17.5. The van der Waals surface area contributed by atoms with Gasteiger partial charge in [0.15, 0.2) is 0 Å². The fourth-order valence-corrected chi connectivity index (χ4v) is 5.36. The fourth-order valence-electron chi connectivity index (χ4n) is 3.48. The fraction of sp³-hybridized carbons (Fsp3) is 0.611. The van der Waals surface area contributed by atoms with Gasteiger partial charge in [-0.25, -0.2) is 8.42 Å². The van der Waals surface area contributed by atoms with Gasteiger partial charge in [-0.1, -0.05) is 17.7 Å². The van der Waals surface area contributed by atoms with Crippen LogP contribution in [-0.2, 0) is 14.8 Å². The summed E-state index contributed by atoms with van der Waals surface area (Å²) in [5, 5.41) is 2.88. The number of amides is 1. The minimum absolute atomic E-state index is 0. The Bertz CT molecular complexity index is 721. The molecule has 1 aromatic rings. The molecule has 0 aliphatic carbocycles. The molecule has 0 unspecified atom stereocenters. The molecule has 3 N–H and O–H groups in total. The maximum atomic E-state index is 13.0. The predicted octanol–water partition coefficient (Wildman–Crippen LogP) is 1.90.